The summed E-state index contributed by atoms with van der Waals surface area (Å²) in [5.74, 6) is -0.521. The summed E-state index contributed by atoms with van der Waals surface area (Å²) >= 11 is 5.79. The van der Waals surface area contributed by atoms with E-state index in [0.717, 1.165) is 12.0 Å². The number of ether oxygens (including phenoxy) is 1. The Labute approximate surface area is 129 Å². The van der Waals surface area contributed by atoms with Crippen LogP contribution in [0.4, 0.5) is 4.39 Å². The van der Waals surface area contributed by atoms with Crippen LogP contribution in [-0.2, 0) is 9.53 Å². The predicted octanol–water partition coefficient (Wildman–Crippen LogP) is 2.51. The van der Waals surface area contributed by atoms with Gasteiger partial charge >= 0.3 is 0 Å². The molecule has 1 amide bonds. The van der Waals surface area contributed by atoms with Gasteiger partial charge in [-0.15, -0.1) is 0 Å². The summed E-state index contributed by atoms with van der Waals surface area (Å²) in [6.45, 7) is 3.37. The first-order valence-corrected chi connectivity index (χ1v) is 7.51. The number of nitrogens with two attached hydrogens (primary N) is 1. The average molecular weight is 315 g/mol. The number of hydrogen-bond donors (Lipinski definition) is 1. The third-order valence-corrected chi connectivity index (χ3v) is 3.90. The number of morpholine rings is 1. The molecule has 0 radical (unpaired) electrons. The molecule has 0 saturated carbocycles. The maximum atomic E-state index is 13.2. The SMILES string of the molecule is CCCC(N)C(=O)N1CCOC(c2ccc(F)c(Cl)c2)C1. The Morgan fingerprint density at radius 3 is 3.05 bits per heavy atom. The van der Waals surface area contributed by atoms with E-state index in [1.54, 1.807) is 17.0 Å². The van der Waals surface area contributed by atoms with Crippen molar-refractivity contribution in [3.8, 4) is 0 Å². The van der Waals surface area contributed by atoms with Gasteiger partial charge < -0.3 is 15.4 Å². The van der Waals surface area contributed by atoms with Crippen molar-refractivity contribution >= 4 is 17.5 Å². The summed E-state index contributed by atoms with van der Waals surface area (Å²) in [6.07, 6.45) is 1.24. The normalized spacial score (nSPS) is 20.4. The Morgan fingerprint density at radius 1 is 1.62 bits per heavy atom. The molecule has 4 nitrogen and oxygen atoms in total. The molecule has 1 aromatic rings. The number of halogens is 2. The Balaban J connectivity index is 2.06. The van der Waals surface area contributed by atoms with Gasteiger partial charge in [-0.2, -0.15) is 0 Å². The highest BCUT2D eigenvalue weighted by Crippen LogP contribution is 2.26. The van der Waals surface area contributed by atoms with Gasteiger partial charge in [0.1, 0.15) is 11.9 Å². The van der Waals surface area contributed by atoms with Crippen LogP contribution in [0.25, 0.3) is 0 Å². The van der Waals surface area contributed by atoms with Crippen molar-refractivity contribution in [2.75, 3.05) is 19.7 Å². The summed E-state index contributed by atoms with van der Waals surface area (Å²) < 4.78 is 18.9. The topological polar surface area (TPSA) is 55.6 Å². The molecule has 0 bridgehead atoms. The molecule has 2 unspecified atom stereocenters. The van der Waals surface area contributed by atoms with Crippen LogP contribution in [0.1, 0.15) is 31.4 Å². The number of benzene rings is 1. The molecule has 0 spiro atoms. The van der Waals surface area contributed by atoms with Crippen LogP contribution in [-0.4, -0.2) is 36.5 Å². The lowest BCUT2D eigenvalue weighted by Gasteiger charge is -2.34. The zero-order valence-electron chi connectivity index (χ0n) is 12.0. The molecule has 21 heavy (non-hydrogen) atoms. The molecular weight excluding hydrogens is 295 g/mol. The average Bonchev–Trinajstić information content (AvgIpc) is 2.49. The van der Waals surface area contributed by atoms with Crippen molar-refractivity contribution in [3.63, 3.8) is 0 Å². The van der Waals surface area contributed by atoms with E-state index in [0.29, 0.717) is 26.1 Å². The van der Waals surface area contributed by atoms with Crippen LogP contribution < -0.4 is 5.73 Å². The van der Waals surface area contributed by atoms with E-state index in [1.165, 1.54) is 6.07 Å². The summed E-state index contributed by atoms with van der Waals surface area (Å²) in [7, 11) is 0. The first-order chi connectivity index (χ1) is 10.0. The molecule has 2 rings (SSSR count). The summed E-state index contributed by atoms with van der Waals surface area (Å²) in [5.41, 5.74) is 6.65. The number of amides is 1. The van der Waals surface area contributed by atoms with Crippen molar-refractivity contribution in [2.45, 2.75) is 31.9 Å². The number of hydrogen-bond acceptors (Lipinski definition) is 3. The van der Waals surface area contributed by atoms with Crippen LogP contribution in [0.15, 0.2) is 18.2 Å². The fourth-order valence-corrected chi connectivity index (χ4v) is 2.62. The van der Waals surface area contributed by atoms with E-state index in [1.807, 2.05) is 6.92 Å². The van der Waals surface area contributed by atoms with E-state index in [2.05, 4.69) is 0 Å². The van der Waals surface area contributed by atoms with Crippen LogP contribution >= 0.6 is 11.6 Å². The Morgan fingerprint density at radius 2 is 2.38 bits per heavy atom. The third kappa shape index (κ3) is 3.93. The predicted molar refractivity (Wildman–Crippen MR) is 79.6 cm³/mol. The molecule has 0 aromatic heterocycles. The highest BCUT2D eigenvalue weighted by molar-refractivity contribution is 6.30. The van der Waals surface area contributed by atoms with Crippen molar-refractivity contribution in [3.05, 3.63) is 34.6 Å². The fraction of sp³-hybridized carbons (Fsp3) is 0.533. The standard InChI is InChI=1S/C15H20ClFN2O2/c1-2-3-13(18)15(20)19-6-7-21-14(9-19)10-4-5-12(17)11(16)8-10/h4-5,8,13-14H,2-3,6-7,9,18H2,1H3. The van der Waals surface area contributed by atoms with Gasteiger partial charge in [0.15, 0.2) is 0 Å². The summed E-state index contributed by atoms with van der Waals surface area (Å²) in [5, 5.41) is 0.0576. The fourth-order valence-electron chi connectivity index (χ4n) is 2.43. The molecule has 1 aliphatic heterocycles. The van der Waals surface area contributed by atoms with Gasteiger partial charge in [0.2, 0.25) is 5.91 Å². The molecule has 1 aliphatic rings. The molecule has 1 fully saturated rings. The second kappa shape index (κ2) is 7.20. The summed E-state index contributed by atoms with van der Waals surface area (Å²) in [6, 6.07) is 4.02. The van der Waals surface area contributed by atoms with Gasteiger partial charge in [0.25, 0.3) is 0 Å². The lowest BCUT2D eigenvalue weighted by molar-refractivity contribution is -0.140. The largest absolute Gasteiger partial charge is 0.370 e. The zero-order chi connectivity index (χ0) is 15.4. The number of carbonyl (C=O) groups is 1. The van der Waals surface area contributed by atoms with Crippen LogP contribution in [0, 0.1) is 5.82 Å². The lowest BCUT2D eigenvalue weighted by atomic mass is 10.1. The molecule has 1 heterocycles. The van der Waals surface area contributed by atoms with Gasteiger partial charge in [0, 0.05) is 6.54 Å². The van der Waals surface area contributed by atoms with Gasteiger partial charge in [-0.05, 0) is 24.1 Å². The molecule has 1 saturated heterocycles. The van der Waals surface area contributed by atoms with Crippen LogP contribution in [0.2, 0.25) is 5.02 Å². The van der Waals surface area contributed by atoms with E-state index in [9.17, 15) is 9.18 Å². The van der Waals surface area contributed by atoms with Crippen molar-refractivity contribution in [2.24, 2.45) is 5.73 Å². The smallest absolute Gasteiger partial charge is 0.239 e. The maximum Gasteiger partial charge on any atom is 0.239 e. The van der Waals surface area contributed by atoms with E-state index in [-0.39, 0.29) is 17.0 Å². The van der Waals surface area contributed by atoms with Gasteiger partial charge in [-0.3, -0.25) is 4.79 Å². The van der Waals surface area contributed by atoms with Gasteiger partial charge in [-0.25, -0.2) is 4.39 Å². The molecule has 6 heteroatoms. The van der Waals surface area contributed by atoms with Crippen molar-refractivity contribution in [1.29, 1.82) is 0 Å². The molecule has 0 aliphatic carbocycles. The second-order valence-corrected chi connectivity index (χ2v) is 5.62. The number of rotatable bonds is 4. The first-order valence-electron chi connectivity index (χ1n) is 7.13. The molecular formula is C15H20ClFN2O2. The molecule has 1 aromatic carbocycles. The minimum Gasteiger partial charge on any atom is -0.370 e. The Kier molecular flexibility index (Phi) is 5.56. The van der Waals surface area contributed by atoms with Gasteiger partial charge in [-0.1, -0.05) is 31.0 Å². The van der Waals surface area contributed by atoms with Crippen LogP contribution in [0.3, 0.4) is 0 Å². The Hall–Kier alpha value is -1.17. The van der Waals surface area contributed by atoms with Crippen molar-refractivity contribution < 1.29 is 13.9 Å². The summed E-state index contributed by atoms with van der Waals surface area (Å²) in [4.78, 5) is 14.0. The minimum absolute atomic E-state index is 0.0571. The van der Waals surface area contributed by atoms with Gasteiger partial charge in [0.05, 0.1) is 24.2 Å². The monoisotopic (exact) mass is 314 g/mol. The van der Waals surface area contributed by atoms with E-state index >= 15 is 0 Å². The van der Waals surface area contributed by atoms with E-state index < -0.39 is 11.9 Å². The molecule has 116 valence electrons. The zero-order valence-corrected chi connectivity index (χ0v) is 12.8. The van der Waals surface area contributed by atoms with Crippen molar-refractivity contribution in [1.82, 2.24) is 4.90 Å². The Bertz CT molecular complexity index is 512. The highest BCUT2D eigenvalue weighted by Gasteiger charge is 2.28. The van der Waals surface area contributed by atoms with Crippen LogP contribution in [0.5, 0.6) is 0 Å². The molecule has 2 atom stereocenters. The highest BCUT2D eigenvalue weighted by atomic mass is 35.5. The minimum atomic E-state index is -0.467. The maximum absolute atomic E-state index is 13.2. The number of carbonyl (C=O) groups excluding carboxylic acids is 1. The lowest BCUT2D eigenvalue weighted by Crippen LogP contribution is -2.49. The third-order valence-electron chi connectivity index (χ3n) is 3.61. The van der Waals surface area contributed by atoms with E-state index in [4.69, 9.17) is 22.1 Å². The number of nitrogens with zero attached hydrogens (tertiary/aromatic N) is 1. The second-order valence-electron chi connectivity index (χ2n) is 5.21. The first kappa shape index (κ1) is 16.2. The quantitative estimate of drug-likeness (QED) is 0.929. The molecule has 2 N–H and O–H groups in total.